The molecule has 1 aliphatic heterocycles. The minimum absolute atomic E-state index is 0.0181. The summed E-state index contributed by atoms with van der Waals surface area (Å²) in [7, 11) is 0. The summed E-state index contributed by atoms with van der Waals surface area (Å²) in [5, 5.41) is 2.96. The predicted molar refractivity (Wildman–Crippen MR) is 113 cm³/mol. The molecule has 2 heterocycles. The predicted octanol–water partition coefficient (Wildman–Crippen LogP) is 1.79. The molecule has 1 aromatic carbocycles. The van der Waals surface area contributed by atoms with Crippen molar-refractivity contribution in [2.45, 2.75) is 51.8 Å². The van der Waals surface area contributed by atoms with Crippen molar-refractivity contribution in [3.63, 3.8) is 0 Å². The Morgan fingerprint density at radius 3 is 2.61 bits per heavy atom. The van der Waals surface area contributed by atoms with Crippen LogP contribution in [0.1, 0.15) is 44.5 Å². The lowest BCUT2D eigenvalue weighted by atomic mass is 9.99. The smallest absolute Gasteiger partial charge is 0.410 e. The topological polar surface area (TPSA) is 114 Å². The molecule has 1 aromatic heterocycles. The van der Waals surface area contributed by atoms with Crippen LogP contribution in [0.2, 0.25) is 0 Å². The van der Waals surface area contributed by atoms with E-state index < -0.39 is 41.1 Å². The van der Waals surface area contributed by atoms with Crippen molar-refractivity contribution < 1.29 is 18.7 Å². The van der Waals surface area contributed by atoms with E-state index in [0.29, 0.717) is 0 Å². The Balaban J connectivity index is 1.81. The normalized spacial score (nSPS) is 18.9. The molecule has 1 saturated heterocycles. The molecule has 1 aliphatic rings. The highest BCUT2D eigenvalue weighted by molar-refractivity contribution is 5.98. The van der Waals surface area contributed by atoms with Gasteiger partial charge in [0.25, 0.3) is 11.5 Å². The lowest BCUT2D eigenvalue weighted by Gasteiger charge is -2.29. The van der Waals surface area contributed by atoms with Crippen LogP contribution in [0.15, 0.2) is 27.8 Å². The summed E-state index contributed by atoms with van der Waals surface area (Å²) < 4.78 is 20.3. The molecule has 1 fully saturated rings. The first-order valence-electron chi connectivity index (χ1n) is 10.1. The average Bonchev–Trinajstić information content (AvgIpc) is 3.11. The van der Waals surface area contributed by atoms with Gasteiger partial charge in [-0.1, -0.05) is 0 Å². The van der Waals surface area contributed by atoms with Gasteiger partial charge in [0.1, 0.15) is 12.3 Å². The van der Waals surface area contributed by atoms with Gasteiger partial charge in [-0.2, -0.15) is 0 Å². The first kappa shape index (κ1) is 22.5. The molecule has 2 N–H and O–H groups in total. The second kappa shape index (κ2) is 8.16. The number of carbonyl (C=O) groups is 2. The molecule has 3 rings (SSSR count). The number of likely N-dealkylation sites (tertiary alicyclic amines) is 1. The zero-order valence-corrected chi connectivity index (χ0v) is 18.1. The minimum atomic E-state index is -1.23. The number of ether oxygens (including phenoxy) is 1. The summed E-state index contributed by atoms with van der Waals surface area (Å²) in [5.41, 5.74) is -2.54. The highest BCUT2D eigenvalue weighted by atomic mass is 19.1. The van der Waals surface area contributed by atoms with Gasteiger partial charge in [0, 0.05) is 25.2 Å². The van der Waals surface area contributed by atoms with Crippen LogP contribution in [-0.2, 0) is 11.3 Å². The highest BCUT2D eigenvalue weighted by Crippen LogP contribution is 2.25. The van der Waals surface area contributed by atoms with E-state index in [9.17, 15) is 23.6 Å². The fraction of sp³-hybridized carbons (Fsp3) is 0.524. The van der Waals surface area contributed by atoms with E-state index in [0.717, 1.165) is 4.57 Å². The van der Waals surface area contributed by atoms with Crippen molar-refractivity contribution in [2.75, 3.05) is 19.8 Å². The Morgan fingerprint density at radius 2 is 2.00 bits per heavy atom. The molecule has 2 aromatic rings. The van der Waals surface area contributed by atoms with Gasteiger partial charge in [0.15, 0.2) is 0 Å². The van der Waals surface area contributed by atoms with Gasteiger partial charge < -0.3 is 19.9 Å². The van der Waals surface area contributed by atoms with Crippen LogP contribution in [-0.4, -0.2) is 57.4 Å². The molecule has 31 heavy (non-hydrogen) atoms. The number of alkyl halides is 1. The molecule has 168 valence electrons. The number of nitrogens with one attached hydrogen (secondary N) is 2. The molecule has 2 amide bonds. The van der Waals surface area contributed by atoms with Gasteiger partial charge in [-0.15, -0.1) is 0 Å². The van der Waals surface area contributed by atoms with E-state index in [1.165, 1.54) is 23.1 Å². The molecule has 1 unspecified atom stereocenters. The number of fused-ring (bicyclic) bond motifs is 1. The second-order valence-electron chi connectivity index (χ2n) is 8.76. The third-order valence-electron chi connectivity index (χ3n) is 5.20. The highest BCUT2D eigenvalue weighted by Gasteiger charge is 2.42. The summed E-state index contributed by atoms with van der Waals surface area (Å²) in [6, 6.07) is 4.29. The number of benzene rings is 1. The molecule has 0 radical (unpaired) electrons. The van der Waals surface area contributed by atoms with E-state index in [-0.39, 0.29) is 42.5 Å². The maximum atomic E-state index is 14.0. The number of rotatable bonds is 4. The quantitative estimate of drug-likeness (QED) is 0.762. The lowest BCUT2D eigenvalue weighted by Crippen LogP contribution is -2.53. The number of halogens is 1. The van der Waals surface area contributed by atoms with Crippen LogP contribution >= 0.6 is 0 Å². The van der Waals surface area contributed by atoms with Gasteiger partial charge >= 0.3 is 11.8 Å². The molecular weight excluding hydrogens is 407 g/mol. The largest absolute Gasteiger partial charge is 0.444 e. The monoisotopic (exact) mass is 434 g/mol. The van der Waals surface area contributed by atoms with Crippen LogP contribution in [0.4, 0.5) is 9.18 Å². The van der Waals surface area contributed by atoms with Gasteiger partial charge in [-0.05, 0) is 52.3 Å². The third-order valence-corrected chi connectivity index (χ3v) is 5.20. The van der Waals surface area contributed by atoms with E-state index in [1.807, 2.05) is 0 Å². The number of carbonyl (C=O) groups excluding carboxylic acids is 2. The number of aromatic nitrogens is 2. The number of amides is 2. The Morgan fingerprint density at radius 1 is 1.29 bits per heavy atom. The van der Waals surface area contributed by atoms with Crippen LogP contribution in [0, 0.1) is 0 Å². The third kappa shape index (κ3) is 4.62. The fourth-order valence-corrected chi connectivity index (χ4v) is 3.60. The van der Waals surface area contributed by atoms with Crippen molar-refractivity contribution in [3.05, 3.63) is 44.6 Å². The van der Waals surface area contributed by atoms with E-state index in [2.05, 4.69) is 10.3 Å². The summed E-state index contributed by atoms with van der Waals surface area (Å²) in [6.07, 6.45) is -0.326. The van der Waals surface area contributed by atoms with E-state index in [1.54, 1.807) is 27.7 Å². The Labute approximate surface area is 178 Å². The van der Waals surface area contributed by atoms with Gasteiger partial charge in [-0.25, -0.2) is 14.0 Å². The van der Waals surface area contributed by atoms with Crippen LogP contribution in [0.3, 0.4) is 0 Å². The van der Waals surface area contributed by atoms with Crippen molar-refractivity contribution in [1.29, 1.82) is 0 Å². The zero-order chi connectivity index (χ0) is 23.0. The maximum absolute atomic E-state index is 14.0. The number of nitrogens with zero attached hydrogens (tertiary/aromatic N) is 2. The molecule has 0 aliphatic carbocycles. The maximum Gasteiger partial charge on any atom is 0.410 e. The first-order chi connectivity index (χ1) is 14.5. The van der Waals surface area contributed by atoms with E-state index >= 15 is 0 Å². The Hall–Kier alpha value is -3.17. The standard InChI is InChI=1S/C21H27FN4O5/c1-5-26-17(28)14-7-6-13(10-15(14)23-18(26)29)16(27)24-21(11-22)8-9-25(12-21)19(30)31-20(2,3)4/h6-7,10H,5,8-9,11-12H2,1-4H3,(H,23,29)(H,24,27). The Kier molecular flexibility index (Phi) is 5.93. The number of hydrogen-bond acceptors (Lipinski definition) is 5. The minimum Gasteiger partial charge on any atom is -0.444 e. The van der Waals surface area contributed by atoms with Crippen molar-refractivity contribution in [1.82, 2.24) is 19.8 Å². The molecular formula is C21H27FN4O5. The molecule has 10 heteroatoms. The van der Waals surface area contributed by atoms with Crippen LogP contribution in [0.25, 0.3) is 10.9 Å². The van der Waals surface area contributed by atoms with E-state index in [4.69, 9.17) is 4.74 Å². The Bertz CT molecular complexity index is 1130. The molecule has 0 spiro atoms. The van der Waals surface area contributed by atoms with Crippen molar-refractivity contribution >= 4 is 22.9 Å². The number of hydrogen-bond donors (Lipinski definition) is 2. The average molecular weight is 434 g/mol. The van der Waals surface area contributed by atoms with Crippen LogP contribution < -0.4 is 16.6 Å². The summed E-state index contributed by atoms with van der Waals surface area (Å²) in [4.78, 5) is 53.5. The van der Waals surface area contributed by atoms with Gasteiger partial charge in [0.05, 0.1) is 16.4 Å². The SMILES string of the molecule is CCn1c(=O)[nH]c2cc(C(=O)NC3(CF)CCN(C(=O)OC(C)(C)C)C3)ccc2c1=O. The van der Waals surface area contributed by atoms with Crippen molar-refractivity contribution in [3.8, 4) is 0 Å². The molecule has 0 saturated carbocycles. The fourth-order valence-electron chi connectivity index (χ4n) is 3.60. The molecule has 9 nitrogen and oxygen atoms in total. The molecule has 1 atom stereocenters. The van der Waals surface area contributed by atoms with Crippen molar-refractivity contribution in [2.24, 2.45) is 0 Å². The number of H-pyrrole nitrogens is 1. The summed E-state index contributed by atoms with van der Waals surface area (Å²) in [6.45, 7) is 6.50. The lowest BCUT2D eigenvalue weighted by molar-refractivity contribution is 0.0275. The summed E-state index contributed by atoms with van der Waals surface area (Å²) in [5.74, 6) is -0.564. The second-order valence-corrected chi connectivity index (χ2v) is 8.76. The first-order valence-corrected chi connectivity index (χ1v) is 10.1. The van der Waals surface area contributed by atoms with Gasteiger partial charge in [0.2, 0.25) is 0 Å². The zero-order valence-electron chi connectivity index (χ0n) is 18.1. The summed E-state index contributed by atoms with van der Waals surface area (Å²) >= 11 is 0. The molecule has 0 bridgehead atoms. The van der Waals surface area contributed by atoms with Gasteiger partial charge in [-0.3, -0.25) is 14.2 Å². The van der Waals surface area contributed by atoms with Crippen LogP contribution in [0.5, 0.6) is 0 Å². The number of aromatic amines is 1.